The molecule has 3 amide bonds. The number of nitrogens with zero attached hydrogens (tertiary/aromatic N) is 4. The number of nitro groups is 1. The van der Waals surface area contributed by atoms with Gasteiger partial charge in [0.1, 0.15) is 0 Å². The zero-order valence-corrected chi connectivity index (χ0v) is 27.2. The van der Waals surface area contributed by atoms with E-state index < -0.39 is 4.92 Å². The van der Waals surface area contributed by atoms with Crippen molar-refractivity contribution in [3.8, 4) is 0 Å². The Morgan fingerprint density at radius 3 is 2.30 bits per heavy atom. The van der Waals surface area contributed by atoms with Gasteiger partial charge in [0.2, 0.25) is 0 Å². The van der Waals surface area contributed by atoms with Crippen LogP contribution in [0.3, 0.4) is 0 Å². The second kappa shape index (κ2) is 16.4. The van der Waals surface area contributed by atoms with E-state index in [1.807, 2.05) is 47.2 Å². The monoisotopic (exact) mass is 645 g/mol. The molecule has 1 aliphatic carbocycles. The minimum absolute atomic E-state index is 0. The summed E-state index contributed by atoms with van der Waals surface area (Å²) in [5.41, 5.74) is 2.75. The van der Waals surface area contributed by atoms with Crippen LogP contribution >= 0.6 is 12.4 Å². The molecule has 2 fully saturated rings. The van der Waals surface area contributed by atoms with Gasteiger partial charge in [0, 0.05) is 69.6 Å². The summed E-state index contributed by atoms with van der Waals surface area (Å²) in [5, 5.41) is 14.1. The summed E-state index contributed by atoms with van der Waals surface area (Å²) in [6.45, 7) is 7.25. The van der Waals surface area contributed by atoms with Crippen LogP contribution in [0.15, 0.2) is 97.6 Å². The number of halogens is 1. The third kappa shape index (κ3) is 8.53. The van der Waals surface area contributed by atoms with Crippen molar-refractivity contribution in [2.45, 2.75) is 50.2 Å². The molecule has 5 rings (SSSR count). The van der Waals surface area contributed by atoms with E-state index in [1.165, 1.54) is 17.7 Å². The highest BCUT2D eigenvalue weighted by atomic mass is 35.5. The van der Waals surface area contributed by atoms with E-state index in [2.05, 4.69) is 47.1 Å². The van der Waals surface area contributed by atoms with Crippen molar-refractivity contribution >= 4 is 30.0 Å². The molecule has 0 bridgehead atoms. The van der Waals surface area contributed by atoms with Crippen molar-refractivity contribution in [2.75, 3.05) is 33.2 Å². The molecule has 3 aromatic carbocycles. The number of piperidine rings is 1. The van der Waals surface area contributed by atoms with Gasteiger partial charge in [-0.1, -0.05) is 66.7 Å². The van der Waals surface area contributed by atoms with E-state index in [0.29, 0.717) is 23.9 Å². The topological polar surface area (TPSA) is 99.0 Å². The van der Waals surface area contributed by atoms with Gasteiger partial charge in [-0.3, -0.25) is 14.9 Å². The Bertz CT molecular complexity index is 1470. The van der Waals surface area contributed by atoms with Crippen LogP contribution in [0.4, 0.5) is 10.5 Å². The van der Waals surface area contributed by atoms with E-state index >= 15 is 0 Å². The van der Waals surface area contributed by atoms with Crippen LogP contribution in [0.1, 0.15) is 53.1 Å². The van der Waals surface area contributed by atoms with E-state index in [4.69, 9.17) is 0 Å². The van der Waals surface area contributed by atoms with Crippen LogP contribution in [0.2, 0.25) is 0 Å². The lowest BCUT2D eigenvalue weighted by Gasteiger charge is -2.39. The number of carbonyl (C=O) groups excluding carboxylic acids is 2. The van der Waals surface area contributed by atoms with Crippen molar-refractivity contribution in [3.63, 3.8) is 0 Å². The van der Waals surface area contributed by atoms with Crippen LogP contribution < -0.4 is 5.32 Å². The van der Waals surface area contributed by atoms with E-state index in [-0.39, 0.29) is 48.7 Å². The zero-order chi connectivity index (χ0) is 31.8. The average molecular weight is 646 g/mol. The average Bonchev–Trinajstić information content (AvgIpc) is 3.50. The van der Waals surface area contributed by atoms with Crippen LogP contribution in [-0.2, 0) is 6.54 Å². The Morgan fingerprint density at radius 2 is 1.65 bits per heavy atom. The molecule has 3 atom stereocenters. The maximum absolute atomic E-state index is 13.3. The van der Waals surface area contributed by atoms with Gasteiger partial charge < -0.3 is 20.0 Å². The number of likely N-dealkylation sites (tertiary alicyclic amines) is 1. The van der Waals surface area contributed by atoms with Crippen LogP contribution in [0.25, 0.3) is 0 Å². The summed E-state index contributed by atoms with van der Waals surface area (Å²) >= 11 is 0. The fraction of sp³-hybridized carbons (Fsp3) is 0.389. The molecule has 1 N–H and O–H groups in total. The normalized spacial score (nSPS) is 19.9. The van der Waals surface area contributed by atoms with Gasteiger partial charge in [-0.2, -0.15) is 0 Å². The predicted molar refractivity (Wildman–Crippen MR) is 183 cm³/mol. The second-order valence-electron chi connectivity index (χ2n) is 12.2. The summed E-state index contributed by atoms with van der Waals surface area (Å²) in [5.74, 6) is 0.860. The third-order valence-electron chi connectivity index (χ3n) is 9.43. The molecule has 0 radical (unpaired) electrons. The van der Waals surface area contributed by atoms with Gasteiger partial charge in [0.15, 0.2) is 0 Å². The van der Waals surface area contributed by atoms with Gasteiger partial charge >= 0.3 is 6.03 Å². The minimum Gasteiger partial charge on any atom is -0.339 e. The highest BCUT2D eigenvalue weighted by Gasteiger charge is 2.40. The fourth-order valence-electron chi connectivity index (χ4n) is 7.01. The lowest BCUT2D eigenvalue weighted by molar-refractivity contribution is -0.384. The molecule has 46 heavy (non-hydrogen) atoms. The first kappa shape index (κ1) is 34.7. The predicted octanol–water partition coefficient (Wildman–Crippen LogP) is 6.51. The maximum atomic E-state index is 13.3. The SMILES string of the molecule is C=CCN(C(=O)NCc1cccc([N+](=O)[O-])c1)C1CCN(CC2CC(N(C)C(=O)c3ccccc3)CC2c2ccccc2)CC1.Cl. The van der Waals surface area contributed by atoms with Gasteiger partial charge in [-0.05, 0) is 60.8 Å². The lowest BCUT2D eigenvalue weighted by atomic mass is 9.88. The number of nitro benzene ring substituents is 1. The third-order valence-corrected chi connectivity index (χ3v) is 9.43. The summed E-state index contributed by atoms with van der Waals surface area (Å²) in [7, 11) is 1.94. The van der Waals surface area contributed by atoms with E-state index in [9.17, 15) is 19.7 Å². The first-order chi connectivity index (χ1) is 21.8. The number of rotatable bonds is 11. The molecule has 1 saturated carbocycles. The molecule has 3 aromatic rings. The Hall–Kier alpha value is -4.21. The zero-order valence-electron chi connectivity index (χ0n) is 26.4. The number of non-ortho nitro benzene ring substituents is 1. The summed E-state index contributed by atoms with van der Waals surface area (Å²) in [6, 6.07) is 26.6. The van der Waals surface area contributed by atoms with Crippen LogP contribution in [0, 0.1) is 16.0 Å². The Kier molecular flexibility index (Phi) is 12.3. The Labute approximate surface area is 277 Å². The van der Waals surface area contributed by atoms with Gasteiger partial charge in [0.05, 0.1) is 4.92 Å². The van der Waals surface area contributed by atoms with E-state index in [1.54, 1.807) is 18.2 Å². The van der Waals surface area contributed by atoms with Crippen molar-refractivity contribution in [3.05, 3.63) is 124 Å². The summed E-state index contributed by atoms with van der Waals surface area (Å²) in [6.07, 6.45) is 5.36. The number of carbonyl (C=O) groups is 2. The molecule has 9 nitrogen and oxygen atoms in total. The number of nitrogens with one attached hydrogen (secondary N) is 1. The molecule has 1 aliphatic heterocycles. The molecule has 1 heterocycles. The van der Waals surface area contributed by atoms with Crippen LogP contribution in [0.5, 0.6) is 0 Å². The van der Waals surface area contributed by atoms with E-state index in [0.717, 1.165) is 50.9 Å². The Morgan fingerprint density at radius 1 is 0.978 bits per heavy atom. The van der Waals surface area contributed by atoms with Gasteiger partial charge in [-0.25, -0.2) is 4.79 Å². The highest BCUT2D eigenvalue weighted by Crippen LogP contribution is 2.42. The van der Waals surface area contributed by atoms with Gasteiger partial charge in [0.25, 0.3) is 11.6 Å². The molecule has 10 heteroatoms. The lowest BCUT2D eigenvalue weighted by Crippen LogP contribution is -2.51. The highest BCUT2D eigenvalue weighted by molar-refractivity contribution is 5.94. The number of amides is 3. The van der Waals surface area contributed by atoms with Gasteiger partial charge in [-0.15, -0.1) is 19.0 Å². The van der Waals surface area contributed by atoms with Crippen molar-refractivity contribution in [1.82, 2.24) is 20.0 Å². The molecule has 2 aliphatic rings. The molecule has 0 aromatic heterocycles. The number of urea groups is 1. The minimum atomic E-state index is -0.431. The molecule has 0 spiro atoms. The number of hydrogen-bond acceptors (Lipinski definition) is 5. The smallest absolute Gasteiger partial charge is 0.318 e. The van der Waals surface area contributed by atoms with Crippen molar-refractivity contribution < 1.29 is 14.5 Å². The maximum Gasteiger partial charge on any atom is 0.318 e. The standard InChI is InChI=1S/C36H43N5O4.ClH/c1-3-19-40(36(43)37-25-27-11-10-16-32(22-27)41(44)45)31-17-20-39(21-18-31)26-30-23-33(24-34(30)28-12-6-4-7-13-28)38(2)35(42)29-14-8-5-9-15-29;/h3-16,22,30-31,33-34H,1,17-21,23-26H2,2H3,(H,37,43);1H. The first-order valence-electron chi connectivity index (χ1n) is 15.8. The number of hydrogen-bond donors (Lipinski definition) is 1. The molecule has 3 unspecified atom stereocenters. The van der Waals surface area contributed by atoms with Crippen LogP contribution in [-0.4, -0.2) is 76.9 Å². The second-order valence-corrected chi connectivity index (χ2v) is 12.2. The van der Waals surface area contributed by atoms with Crippen molar-refractivity contribution in [2.24, 2.45) is 5.92 Å². The molecule has 244 valence electrons. The molecule has 1 saturated heterocycles. The molecular weight excluding hydrogens is 602 g/mol. The molecular formula is C36H44ClN5O4. The Balaban J connectivity index is 0.00000480. The van der Waals surface area contributed by atoms with Crippen molar-refractivity contribution in [1.29, 1.82) is 0 Å². The summed E-state index contributed by atoms with van der Waals surface area (Å²) < 4.78 is 0. The quantitative estimate of drug-likeness (QED) is 0.146. The first-order valence-corrected chi connectivity index (χ1v) is 15.8. The fourth-order valence-corrected chi connectivity index (χ4v) is 7.01. The summed E-state index contributed by atoms with van der Waals surface area (Å²) in [4.78, 5) is 43.5. The largest absolute Gasteiger partial charge is 0.339 e. The number of benzene rings is 3.